The zero-order chi connectivity index (χ0) is 12.7. The van der Waals surface area contributed by atoms with Crippen molar-refractivity contribution in [2.75, 3.05) is 6.61 Å². The first-order chi connectivity index (χ1) is 8.17. The maximum atomic E-state index is 8.92. The van der Waals surface area contributed by atoms with Gasteiger partial charge in [0.15, 0.2) is 0 Å². The van der Waals surface area contributed by atoms with Gasteiger partial charge in [-0.1, -0.05) is 43.5 Å². The Morgan fingerprint density at radius 2 is 1.88 bits per heavy atom. The van der Waals surface area contributed by atoms with Gasteiger partial charge in [0.1, 0.15) is 12.4 Å². The molecule has 0 radical (unpaired) electrons. The number of ether oxygens (including phenoxy) is 1. The topological polar surface area (TPSA) is 49.7 Å². The van der Waals surface area contributed by atoms with Gasteiger partial charge in [-0.2, -0.15) is 0 Å². The van der Waals surface area contributed by atoms with Crippen LogP contribution in [0.4, 0.5) is 0 Å². The van der Waals surface area contributed by atoms with Crippen LogP contribution in [0.25, 0.3) is 0 Å². The molecule has 88 valence electrons. The molecular formula is C13H15BO3. The second kappa shape index (κ2) is 6.73. The minimum Gasteiger partial charge on any atom is -0.489 e. The summed E-state index contributed by atoms with van der Waals surface area (Å²) in [7, 11) is -1.45. The summed E-state index contributed by atoms with van der Waals surface area (Å²) in [4.78, 5) is 0. The summed E-state index contributed by atoms with van der Waals surface area (Å²) < 4.78 is 5.50. The maximum absolute atomic E-state index is 8.92. The van der Waals surface area contributed by atoms with Crippen molar-refractivity contribution in [2.24, 2.45) is 0 Å². The zero-order valence-corrected chi connectivity index (χ0v) is 9.54. The smallest absolute Gasteiger partial charge is 0.488 e. The molecule has 0 fully saturated rings. The number of hydrogen-bond acceptors (Lipinski definition) is 3. The minimum atomic E-state index is -1.45. The molecule has 17 heavy (non-hydrogen) atoms. The standard InChI is InChI=1S/C13H15BO3/c1-3-5-11(4-2)10-17-13-8-6-12(7-9-13)14(15)16/h3-9,15-16H,1-2,10H2/b11-5+. The molecule has 0 saturated carbocycles. The molecule has 0 aliphatic carbocycles. The van der Waals surface area contributed by atoms with Crippen LogP contribution in [0.3, 0.4) is 0 Å². The van der Waals surface area contributed by atoms with E-state index in [0.29, 0.717) is 17.8 Å². The summed E-state index contributed by atoms with van der Waals surface area (Å²) >= 11 is 0. The Labute approximate surface area is 102 Å². The minimum absolute atomic E-state index is 0.399. The Kier molecular flexibility index (Phi) is 5.26. The van der Waals surface area contributed by atoms with E-state index in [9.17, 15) is 0 Å². The molecule has 0 aromatic heterocycles. The highest BCUT2D eigenvalue weighted by Gasteiger charge is 2.09. The second-order valence-corrected chi connectivity index (χ2v) is 3.41. The van der Waals surface area contributed by atoms with Crippen LogP contribution in [0.5, 0.6) is 5.75 Å². The first-order valence-electron chi connectivity index (χ1n) is 5.20. The van der Waals surface area contributed by atoms with E-state index in [4.69, 9.17) is 14.8 Å². The van der Waals surface area contributed by atoms with Crippen molar-refractivity contribution < 1.29 is 14.8 Å². The Hall–Kier alpha value is -1.78. The average Bonchev–Trinajstić information content (AvgIpc) is 2.35. The Bertz CT molecular complexity index is 407. The van der Waals surface area contributed by atoms with E-state index in [0.717, 1.165) is 5.57 Å². The van der Waals surface area contributed by atoms with E-state index < -0.39 is 7.12 Å². The number of rotatable bonds is 6. The highest BCUT2D eigenvalue weighted by atomic mass is 16.5. The zero-order valence-electron chi connectivity index (χ0n) is 9.54. The van der Waals surface area contributed by atoms with E-state index in [1.54, 1.807) is 36.4 Å². The third-order valence-electron chi connectivity index (χ3n) is 2.18. The molecule has 0 amide bonds. The first-order valence-corrected chi connectivity index (χ1v) is 5.20. The van der Waals surface area contributed by atoms with E-state index in [1.807, 2.05) is 6.08 Å². The van der Waals surface area contributed by atoms with Crippen LogP contribution in [-0.4, -0.2) is 23.8 Å². The van der Waals surface area contributed by atoms with Crippen LogP contribution in [-0.2, 0) is 0 Å². The van der Waals surface area contributed by atoms with E-state index >= 15 is 0 Å². The molecule has 0 bridgehead atoms. The van der Waals surface area contributed by atoms with Gasteiger partial charge in [-0.15, -0.1) is 0 Å². The molecule has 3 nitrogen and oxygen atoms in total. The van der Waals surface area contributed by atoms with Crippen LogP contribution >= 0.6 is 0 Å². The molecule has 0 saturated heterocycles. The summed E-state index contributed by atoms with van der Waals surface area (Å²) in [6.45, 7) is 7.67. The summed E-state index contributed by atoms with van der Waals surface area (Å²) in [6, 6.07) is 6.57. The molecule has 0 aliphatic rings. The quantitative estimate of drug-likeness (QED) is 0.567. The average molecular weight is 230 g/mol. The molecule has 0 unspecified atom stereocenters. The SMILES string of the molecule is C=C/C=C(\C=C)COc1ccc(B(O)O)cc1. The molecule has 1 aromatic rings. The molecular weight excluding hydrogens is 215 g/mol. The van der Waals surface area contributed by atoms with Crippen molar-refractivity contribution in [1.29, 1.82) is 0 Å². The Morgan fingerprint density at radius 1 is 1.24 bits per heavy atom. The molecule has 4 heteroatoms. The van der Waals surface area contributed by atoms with Gasteiger partial charge >= 0.3 is 7.12 Å². The normalized spacial score (nSPS) is 10.8. The van der Waals surface area contributed by atoms with E-state index in [1.165, 1.54) is 0 Å². The van der Waals surface area contributed by atoms with Crippen molar-refractivity contribution in [3.05, 3.63) is 61.2 Å². The van der Waals surface area contributed by atoms with Gasteiger partial charge in [0, 0.05) is 0 Å². The van der Waals surface area contributed by atoms with Gasteiger partial charge in [-0.25, -0.2) is 0 Å². The van der Waals surface area contributed by atoms with Gasteiger partial charge in [0.25, 0.3) is 0 Å². The lowest BCUT2D eigenvalue weighted by molar-refractivity contribution is 0.355. The summed E-state index contributed by atoms with van der Waals surface area (Å²) in [5, 5.41) is 17.8. The Morgan fingerprint density at radius 3 is 2.35 bits per heavy atom. The van der Waals surface area contributed by atoms with Gasteiger partial charge in [0.05, 0.1) is 0 Å². The van der Waals surface area contributed by atoms with E-state index in [2.05, 4.69) is 13.2 Å². The fraction of sp³-hybridized carbons (Fsp3) is 0.0769. The number of hydrogen-bond donors (Lipinski definition) is 2. The van der Waals surface area contributed by atoms with Crippen molar-refractivity contribution in [3.63, 3.8) is 0 Å². The highest BCUT2D eigenvalue weighted by molar-refractivity contribution is 6.58. The molecule has 0 aliphatic heterocycles. The van der Waals surface area contributed by atoms with Crippen molar-refractivity contribution >= 4 is 12.6 Å². The van der Waals surface area contributed by atoms with Crippen LogP contribution < -0.4 is 10.2 Å². The highest BCUT2D eigenvalue weighted by Crippen LogP contribution is 2.09. The summed E-state index contributed by atoms with van der Waals surface area (Å²) in [5.41, 5.74) is 1.36. The van der Waals surface area contributed by atoms with E-state index in [-0.39, 0.29) is 0 Å². The fourth-order valence-corrected chi connectivity index (χ4v) is 1.23. The van der Waals surface area contributed by atoms with Crippen molar-refractivity contribution in [1.82, 2.24) is 0 Å². The van der Waals surface area contributed by atoms with Crippen LogP contribution in [0.2, 0.25) is 0 Å². The monoisotopic (exact) mass is 230 g/mol. The van der Waals surface area contributed by atoms with Crippen LogP contribution in [0.1, 0.15) is 0 Å². The van der Waals surface area contributed by atoms with Gasteiger partial charge in [-0.3, -0.25) is 0 Å². The number of allylic oxidation sites excluding steroid dienone is 2. The molecule has 0 atom stereocenters. The fourth-order valence-electron chi connectivity index (χ4n) is 1.23. The van der Waals surface area contributed by atoms with Gasteiger partial charge < -0.3 is 14.8 Å². The summed E-state index contributed by atoms with van der Waals surface area (Å²) in [6.07, 6.45) is 5.19. The third-order valence-corrected chi connectivity index (χ3v) is 2.18. The van der Waals surface area contributed by atoms with Gasteiger partial charge in [-0.05, 0) is 23.2 Å². The molecule has 2 N–H and O–H groups in total. The van der Waals surface area contributed by atoms with Gasteiger partial charge in [0.2, 0.25) is 0 Å². The van der Waals surface area contributed by atoms with Crippen molar-refractivity contribution in [3.8, 4) is 5.75 Å². The first kappa shape index (κ1) is 13.3. The second-order valence-electron chi connectivity index (χ2n) is 3.41. The molecule has 0 heterocycles. The maximum Gasteiger partial charge on any atom is 0.488 e. The lowest BCUT2D eigenvalue weighted by Gasteiger charge is -2.07. The lowest BCUT2D eigenvalue weighted by atomic mass is 9.80. The molecule has 1 aromatic carbocycles. The third kappa shape index (κ3) is 4.30. The van der Waals surface area contributed by atoms with Crippen LogP contribution in [0, 0.1) is 0 Å². The summed E-state index contributed by atoms with van der Waals surface area (Å²) in [5.74, 6) is 0.659. The largest absolute Gasteiger partial charge is 0.489 e. The Balaban J connectivity index is 2.60. The molecule has 0 spiro atoms. The predicted octanol–water partition coefficient (Wildman–Crippen LogP) is 1.04. The van der Waals surface area contributed by atoms with Crippen molar-refractivity contribution in [2.45, 2.75) is 0 Å². The lowest BCUT2D eigenvalue weighted by Crippen LogP contribution is -2.29. The predicted molar refractivity (Wildman–Crippen MR) is 70.2 cm³/mol. The molecule has 1 rings (SSSR count). The van der Waals surface area contributed by atoms with Crippen LogP contribution in [0.15, 0.2) is 61.2 Å². The number of benzene rings is 1.